The molecule has 0 bridgehead atoms. The maximum absolute atomic E-state index is 4.35. The van der Waals surface area contributed by atoms with Gasteiger partial charge in [0.25, 0.3) is 6.07 Å². The van der Waals surface area contributed by atoms with Crippen molar-refractivity contribution in [2.45, 2.75) is 45.4 Å². The van der Waals surface area contributed by atoms with Crippen molar-refractivity contribution < 1.29 is 0 Å². The van der Waals surface area contributed by atoms with Crippen LogP contribution in [-0.4, -0.2) is 0 Å². The van der Waals surface area contributed by atoms with E-state index in [0.717, 1.165) is 6.42 Å². The first-order valence-electron chi connectivity index (χ1n) is 4.64. The van der Waals surface area contributed by atoms with E-state index in [1.165, 1.54) is 32.1 Å². The molecule has 2 heteroatoms. The summed E-state index contributed by atoms with van der Waals surface area (Å²) >= 11 is 4.35. The Morgan fingerprint density at radius 3 is 2.67 bits per heavy atom. The van der Waals surface area contributed by atoms with E-state index in [-0.39, 0.29) is 0 Å². The summed E-state index contributed by atoms with van der Waals surface area (Å²) in [6.07, 6.45) is 11.6. The highest BCUT2D eigenvalue weighted by molar-refractivity contribution is 7.61. The second-order valence-corrected chi connectivity index (χ2v) is 3.01. The first-order chi connectivity index (χ1) is 5.91. The van der Waals surface area contributed by atoms with Crippen LogP contribution in [-0.2, 0) is 12.8 Å². The summed E-state index contributed by atoms with van der Waals surface area (Å²) in [5.74, 6) is 0. The van der Waals surface area contributed by atoms with Crippen LogP contribution in [0.15, 0.2) is 12.2 Å². The molecule has 0 radical (unpaired) electrons. The molecular formula is C10H17NS. The van der Waals surface area contributed by atoms with Crippen molar-refractivity contribution in [3.63, 3.8) is 0 Å². The summed E-state index contributed by atoms with van der Waals surface area (Å²) in [5.41, 5.74) is 0. The van der Waals surface area contributed by atoms with Gasteiger partial charge in [0, 0.05) is 0 Å². The molecule has 0 N–H and O–H groups in total. The Kier molecular flexibility index (Phi) is 9.97. The van der Waals surface area contributed by atoms with Gasteiger partial charge in [-0.2, -0.15) is 4.25 Å². The molecule has 0 saturated heterocycles. The third-order valence-corrected chi connectivity index (χ3v) is 1.82. The van der Waals surface area contributed by atoms with E-state index >= 15 is 0 Å². The van der Waals surface area contributed by atoms with Gasteiger partial charge in [0.05, 0.1) is 6.08 Å². The predicted octanol–water partition coefficient (Wildman–Crippen LogP) is 3.70. The van der Waals surface area contributed by atoms with E-state index in [9.17, 15) is 0 Å². The molecular weight excluding hydrogens is 166 g/mol. The minimum Gasteiger partial charge on any atom is -0.263 e. The molecule has 0 saturated carbocycles. The number of nitrogens with zero attached hydrogens (tertiary/aromatic N) is 1. The van der Waals surface area contributed by atoms with E-state index in [1.807, 2.05) is 0 Å². The first-order valence-corrected chi connectivity index (χ1v) is 5.01. The molecule has 0 atom stereocenters. The van der Waals surface area contributed by atoms with Gasteiger partial charge in [0.1, 0.15) is 0 Å². The lowest BCUT2D eigenvalue weighted by Crippen LogP contribution is -1.75. The molecule has 0 rings (SSSR count). The quantitative estimate of drug-likeness (QED) is 0.345. The van der Waals surface area contributed by atoms with Gasteiger partial charge in [0.2, 0.25) is 0 Å². The summed E-state index contributed by atoms with van der Waals surface area (Å²) < 4.78 is 3.33. The average molecular weight is 183 g/mol. The van der Waals surface area contributed by atoms with Crippen LogP contribution in [0.3, 0.4) is 0 Å². The lowest BCUT2D eigenvalue weighted by Gasteiger charge is -1.94. The van der Waals surface area contributed by atoms with Gasteiger partial charge in [0.15, 0.2) is 0 Å². The second kappa shape index (κ2) is 10.4. The van der Waals surface area contributed by atoms with E-state index in [4.69, 9.17) is 0 Å². The van der Waals surface area contributed by atoms with Crippen molar-refractivity contribution in [1.82, 2.24) is 0 Å². The Balaban J connectivity index is 3.03. The van der Waals surface area contributed by atoms with Gasteiger partial charge >= 0.3 is 0 Å². The van der Waals surface area contributed by atoms with Crippen LogP contribution in [0, 0.1) is 6.07 Å². The smallest absolute Gasteiger partial charge is 0.263 e. The van der Waals surface area contributed by atoms with Gasteiger partial charge in [-0.3, -0.25) is 12.8 Å². The monoisotopic (exact) mass is 183 g/mol. The highest BCUT2D eigenvalue weighted by Crippen LogP contribution is 2.04. The largest absolute Gasteiger partial charge is 0.282 e. The van der Waals surface area contributed by atoms with Crippen LogP contribution in [0.4, 0.5) is 0 Å². The Labute approximate surface area is 81.2 Å². The molecule has 0 spiro atoms. The van der Waals surface area contributed by atoms with Crippen molar-refractivity contribution in [2.24, 2.45) is 0 Å². The minimum atomic E-state index is 1.13. The van der Waals surface area contributed by atoms with Crippen LogP contribution in [0.1, 0.15) is 45.4 Å². The number of unbranched alkanes of at least 4 members (excludes halogenated alkanes) is 5. The second-order valence-electron chi connectivity index (χ2n) is 2.83. The zero-order chi connectivity index (χ0) is 9.07. The fourth-order valence-corrected chi connectivity index (χ4v) is 1.09. The standard InChI is InChI=1S/C10H17NS/c1-2-3-4-5-6-7-8-9-10-11-12/h8-9H,2-7H2,1H3. The third-order valence-electron chi connectivity index (χ3n) is 1.72. The Morgan fingerprint density at radius 2 is 2.00 bits per heavy atom. The molecule has 0 aromatic rings. The minimum absolute atomic E-state index is 1.13. The molecule has 0 aliphatic carbocycles. The number of hydrogen-bond acceptors (Lipinski definition) is 1. The molecule has 68 valence electrons. The summed E-state index contributed by atoms with van der Waals surface area (Å²) in [5, 5.41) is 0. The zero-order valence-electron chi connectivity index (χ0n) is 7.75. The highest BCUT2D eigenvalue weighted by atomic mass is 32.1. The topological polar surface area (TPSA) is 4.36 Å². The van der Waals surface area contributed by atoms with Gasteiger partial charge < -0.3 is 0 Å². The number of hydrogen-bond donors (Lipinski definition) is 0. The molecule has 0 heterocycles. The van der Waals surface area contributed by atoms with E-state index in [2.05, 4.69) is 36.1 Å². The van der Waals surface area contributed by atoms with E-state index in [1.54, 1.807) is 6.08 Å². The van der Waals surface area contributed by atoms with Crippen molar-refractivity contribution >= 4 is 12.8 Å². The third kappa shape index (κ3) is 9.45. The lowest BCUT2D eigenvalue weighted by molar-refractivity contribution is 0.637. The van der Waals surface area contributed by atoms with Crippen LogP contribution in [0.25, 0.3) is 4.25 Å². The van der Waals surface area contributed by atoms with Gasteiger partial charge in [-0.05, 0) is 12.8 Å². The van der Waals surface area contributed by atoms with Crippen LogP contribution in [0.2, 0.25) is 0 Å². The normalized spacial score (nSPS) is 9.75. The van der Waals surface area contributed by atoms with E-state index < -0.39 is 0 Å². The molecule has 0 fully saturated rings. The van der Waals surface area contributed by atoms with Crippen LogP contribution >= 0.6 is 0 Å². The fraction of sp³-hybridized carbons (Fsp3) is 0.700. The average Bonchev–Trinajstić information content (AvgIpc) is 2.10. The molecule has 12 heavy (non-hydrogen) atoms. The first kappa shape index (κ1) is 11.4. The van der Waals surface area contributed by atoms with Gasteiger partial charge in [-0.15, -0.1) is 0 Å². The van der Waals surface area contributed by atoms with Gasteiger partial charge in [-0.1, -0.05) is 38.7 Å². The fourth-order valence-electron chi connectivity index (χ4n) is 1.03. The Bertz CT molecular complexity index is 164. The van der Waals surface area contributed by atoms with Crippen molar-refractivity contribution in [3.05, 3.63) is 16.4 Å². The molecule has 0 amide bonds. The van der Waals surface area contributed by atoms with Crippen LogP contribution < -0.4 is 0 Å². The molecule has 0 aromatic carbocycles. The molecule has 1 nitrogen and oxygen atoms in total. The Morgan fingerprint density at radius 1 is 1.25 bits per heavy atom. The molecule has 0 aromatic heterocycles. The SMILES string of the molecule is CCCCCCCC=CC#[N+][S-]. The summed E-state index contributed by atoms with van der Waals surface area (Å²) in [4.78, 5) is 0. The maximum atomic E-state index is 4.35. The highest BCUT2D eigenvalue weighted by Gasteiger charge is 1.85. The van der Waals surface area contributed by atoms with E-state index in [0.29, 0.717) is 0 Å². The van der Waals surface area contributed by atoms with Crippen molar-refractivity contribution in [1.29, 1.82) is 0 Å². The molecule has 0 aliphatic heterocycles. The Hall–Kier alpha value is -0.550. The van der Waals surface area contributed by atoms with Crippen LogP contribution in [0.5, 0.6) is 0 Å². The van der Waals surface area contributed by atoms with Crippen molar-refractivity contribution in [2.75, 3.05) is 0 Å². The van der Waals surface area contributed by atoms with Crippen molar-refractivity contribution in [3.8, 4) is 6.07 Å². The summed E-state index contributed by atoms with van der Waals surface area (Å²) in [7, 11) is 0. The zero-order valence-corrected chi connectivity index (χ0v) is 8.57. The molecule has 0 unspecified atom stereocenters. The maximum Gasteiger partial charge on any atom is 0.282 e. The number of allylic oxidation sites excluding steroid dienone is 2. The summed E-state index contributed by atoms with van der Waals surface area (Å²) in [6.45, 7) is 2.23. The van der Waals surface area contributed by atoms with Gasteiger partial charge in [-0.25, -0.2) is 0 Å². The molecule has 0 aliphatic rings. The number of rotatable bonds is 6. The lowest BCUT2D eigenvalue weighted by atomic mass is 10.1. The summed E-state index contributed by atoms with van der Waals surface area (Å²) in [6, 6.07) is 2.61. The predicted molar refractivity (Wildman–Crippen MR) is 57.1 cm³/mol.